The van der Waals surface area contributed by atoms with E-state index in [0.717, 1.165) is 17.6 Å². The number of hydrogen-bond donors (Lipinski definition) is 0. The van der Waals surface area contributed by atoms with Crippen LogP contribution in [-0.2, 0) is 6.42 Å². The minimum absolute atomic E-state index is 1.03. The maximum atomic E-state index is 4.75. The van der Waals surface area contributed by atoms with Gasteiger partial charge in [-0.25, -0.2) is 4.98 Å². The van der Waals surface area contributed by atoms with Crippen LogP contribution in [0.4, 0.5) is 0 Å². The molecule has 22 heavy (non-hydrogen) atoms. The van der Waals surface area contributed by atoms with E-state index in [9.17, 15) is 0 Å². The molecule has 0 saturated carbocycles. The fraction of sp³-hybridized carbons (Fsp3) is 0.286. The zero-order valence-electron chi connectivity index (χ0n) is 14.4. The summed E-state index contributed by atoms with van der Waals surface area (Å²) in [5.74, 6) is 0. The van der Waals surface area contributed by atoms with Gasteiger partial charge in [0.2, 0.25) is 0 Å². The Bertz CT molecular complexity index is 672. The van der Waals surface area contributed by atoms with Crippen LogP contribution >= 0.6 is 0 Å². The lowest BCUT2D eigenvalue weighted by atomic mass is 10.0. The molecule has 116 valence electrons. The lowest BCUT2D eigenvalue weighted by Crippen LogP contribution is -1.91. The van der Waals surface area contributed by atoms with Gasteiger partial charge in [0.05, 0.1) is 11.2 Å². The van der Waals surface area contributed by atoms with Gasteiger partial charge in [-0.3, -0.25) is 0 Å². The van der Waals surface area contributed by atoms with Crippen LogP contribution in [0.1, 0.15) is 40.2 Å². The van der Waals surface area contributed by atoms with E-state index in [1.165, 1.54) is 16.5 Å². The first-order valence-electron chi connectivity index (χ1n) is 8.32. The molecule has 0 spiro atoms. The molecule has 0 N–H and O–H groups in total. The maximum absolute atomic E-state index is 4.75. The van der Waals surface area contributed by atoms with Gasteiger partial charge in [0, 0.05) is 10.9 Å². The summed E-state index contributed by atoms with van der Waals surface area (Å²) in [4.78, 5) is 4.75. The topological polar surface area (TPSA) is 12.9 Å². The third kappa shape index (κ3) is 4.17. The Labute approximate surface area is 135 Å². The zero-order chi connectivity index (χ0) is 16.4. The second kappa shape index (κ2) is 9.73. The van der Waals surface area contributed by atoms with Gasteiger partial charge in [-0.15, -0.1) is 0 Å². The first kappa shape index (κ1) is 17.9. The number of aromatic nitrogens is 1. The van der Waals surface area contributed by atoms with Gasteiger partial charge in [0.1, 0.15) is 0 Å². The minimum atomic E-state index is 1.03. The number of nitrogens with zero attached hydrogens (tertiary/aromatic N) is 1. The minimum Gasteiger partial charge on any atom is -0.248 e. The summed E-state index contributed by atoms with van der Waals surface area (Å²) >= 11 is 0. The van der Waals surface area contributed by atoms with Crippen LogP contribution in [0, 0.1) is 0 Å². The fourth-order valence-electron chi connectivity index (χ4n) is 2.30. The highest BCUT2D eigenvalue weighted by atomic mass is 14.7. The van der Waals surface area contributed by atoms with Gasteiger partial charge in [0.15, 0.2) is 0 Å². The summed E-state index contributed by atoms with van der Waals surface area (Å²) in [5.41, 5.74) is 4.68. The third-order valence-corrected chi connectivity index (χ3v) is 3.25. The van der Waals surface area contributed by atoms with Gasteiger partial charge in [-0.05, 0) is 24.1 Å². The molecule has 3 aromatic rings. The Balaban J connectivity index is 0.000000561. The van der Waals surface area contributed by atoms with E-state index < -0.39 is 0 Å². The van der Waals surface area contributed by atoms with E-state index in [-0.39, 0.29) is 0 Å². The normalized spacial score (nSPS) is 9.32. The van der Waals surface area contributed by atoms with Crippen molar-refractivity contribution in [3.8, 4) is 11.3 Å². The number of rotatable bonds is 2. The number of pyridine rings is 1. The average molecular weight is 293 g/mol. The second-order valence-corrected chi connectivity index (χ2v) is 4.40. The second-order valence-electron chi connectivity index (χ2n) is 4.40. The van der Waals surface area contributed by atoms with Crippen molar-refractivity contribution in [2.24, 2.45) is 0 Å². The van der Waals surface area contributed by atoms with Gasteiger partial charge in [0.25, 0.3) is 0 Å². The molecule has 0 fully saturated rings. The number of para-hydroxylation sites is 1. The highest BCUT2D eigenvalue weighted by Crippen LogP contribution is 2.24. The van der Waals surface area contributed by atoms with Crippen molar-refractivity contribution in [3.63, 3.8) is 0 Å². The molecule has 0 radical (unpaired) electrons. The summed E-state index contributed by atoms with van der Waals surface area (Å²) in [6.07, 6.45) is 1.03. The Morgan fingerprint density at radius 2 is 1.36 bits per heavy atom. The fourth-order valence-corrected chi connectivity index (χ4v) is 2.30. The number of benzene rings is 2. The number of aryl methyl sites for hydroxylation is 1. The van der Waals surface area contributed by atoms with Crippen LogP contribution in [-0.4, -0.2) is 4.98 Å². The van der Waals surface area contributed by atoms with Crippen molar-refractivity contribution < 1.29 is 0 Å². The van der Waals surface area contributed by atoms with E-state index in [1.807, 2.05) is 39.8 Å². The van der Waals surface area contributed by atoms with Crippen molar-refractivity contribution in [3.05, 3.63) is 66.2 Å². The number of fused-ring (bicyclic) bond motifs is 1. The molecule has 1 nitrogen and oxygen atoms in total. The first-order valence-corrected chi connectivity index (χ1v) is 8.32. The molecule has 0 saturated heterocycles. The molecule has 0 aliphatic carbocycles. The lowest BCUT2D eigenvalue weighted by Gasteiger charge is -2.08. The van der Waals surface area contributed by atoms with Crippen molar-refractivity contribution in [2.45, 2.75) is 41.0 Å². The molecule has 0 atom stereocenters. The predicted octanol–water partition coefficient (Wildman–Crippen LogP) is 6.52. The van der Waals surface area contributed by atoms with Crippen molar-refractivity contribution in [2.75, 3.05) is 0 Å². The van der Waals surface area contributed by atoms with E-state index >= 15 is 0 Å². The summed E-state index contributed by atoms with van der Waals surface area (Å²) in [5, 5.41) is 1.26. The third-order valence-electron chi connectivity index (χ3n) is 3.25. The van der Waals surface area contributed by atoms with Gasteiger partial charge < -0.3 is 0 Å². The summed E-state index contributed by atoms with van der Waals surface area (Å²) in [6, 6.07) is 20.9. The molecule has 0 amide bonds. The Morgan fingerprint density at radius 1 is 0.773 bits per heavy atom. The lowest BCUT2D eigenvalue weighted by molar-refractivity contribution is 1.15. The highest BCUT2D eigenvalue weighted by molar-refractivity contribution is 5.85. The molecule has 1 aromatic heterocycles. The monoisotopic (exact) mass is 293 g/mol. The molecule has 3 rings (SSSR count). The zero-order valence-corrected chi connectivity index (χ0v) is 14.4. The van der Waals surface area contributed by atoms with E-state index in [0.29, 0.717) is 0 Å². The van der Waals surface area contributed by atoms with Gasteiger partial charge >= 0.3 is 0 Å². The Kier molecular flexibility index (Phi) is 7.91. The van der Waals surface area contributed by atoms with Crippen LogP contribution in [0.25, 0.3) is 22.2 Å². The molecule has 1 heterocycles. The smallest absolute Gasteiger partial charge is 0.0712 e. The van der Waals surface area contributed by atoms with Crippen LogP contribution in [0.15, 0.2) is 60.7 Å². The quantitative estimate of drug-likeness (QED) is 0.524. The molecule has 0 unspecified atom stereocenters. The predicted molar refractivity (Wildman–Crippen MR) is 99.3 cm³/mol. The van der Waals surface area contributed by atoms with E-state index in [4.69, 9.17) is 4.98 Å². The van der Waals surface area contributed by atoms with Crippen molar-refractivity contribution >= 4 is 10.9 Å². The standard InChI is InChI=1S/C17H15N.2C2H6/c1-2-13-12-17(14-8-4-3-5-9-14)18-16-11-7-6-10-15(13)16;2*1-2/h3-12H,2H2,1H3;2*1-2H3. The maximum Gasteiger partial charge on any atom is 0.0712 e. The molecule has 0 bridgehead atoms. The Morgan fingerprint density at radius 3 is 2.00 bits per heavy atom. The summed E-state index contributed by atoms with van der Waals surface area (Å²) in [7, 11) is 0. The van der Waals surface area contributed by atoms with Crippen molar-refractivity contribution in [1.82, 2.24) is 4.98 Å². The van der Waals surface area contributed by atoms with Gasteiger partial charge in [-0.1, -0.05) is 83.1 Å². The SMILES string of the molecule is CC.CC.CCc1cc(-c2ccccc2)nc2ccccc12. The van der Waals surface area contributed by atoms with Crippen molar-refractivity contribution in [1.29, 1.82) is 0 Å². The number of hydrogen-bond acceptors (Lipinski definition) is 1. The largest absolute Gasteiger partial charge is 0.248 e. The molecule has 1 heteroatoms. The summed E-state index contributed by atoms with van der Waals surface area (Å²) in [6.45, 7) is 10.2. The molecule has 2 aromatic carbocycles. The van der Waals surface area contributed by atoms with Gasteiger partial charge in [-0.2, -0.15) is 0 Å². The first-order chi connectivity index (χ1) is 10.9. The average Bonchev–Trinajstić information content (AvgIpc) is 2.65. The van der Waals surface area contributed by atoms with Crippen LogP contribution in [0.2, 0.25) is 0 Å². The van der Waals surface area contributed by atoms with Crippen LogP contribution in [0.3, 0.4) is 0 Å². The molecule has 0 aliphatic rings. The van der Waals surface area contributed by atoms with Crippen LogP contribution in [0.5, 0.6) is 0 Å². The van der Waals surface area contributed by atoms with Crippen LogP contribution < -0.4 is 0 Å². The van der Waals surface area contributed by atoms with E-state index in [1.54, 1.807) is 0 Å². The highest BCUT2D eigenvalue weighted by Gasteiger charge is 2.05. The van der Waals surface area contributed by atoms with E-state index in [2.05, 4.69) is 55.5 Å². The Hall–Kier alpha value is -2.15. The summed E-state index contributed by atoms with van der Waals surface area (Å²) < 4.78 is 0. The molecular weight excluding hydrogens is 266 g/mol. The molecule has 0 aliphatic heterocycles. The molecular formula is C21H27N.